The van der Waals surface area contributed by atoms with Crippen LogP contribution in [0, 0.1) is 0 Å². The molecule has 3 aromatic rings. The van der Waals surface area contributed by atoms with Crippen molar-refractivity contribution >= 4 is 16.6 Å². The van der Waals surface area contributed by atoms with E-state index in [1.807, 2.05) is 60.7 Å². The normalized spacial score (nSPS) is 12.9. The third-order valence-electron chi connectivity index (χ3n) is 3.13. The second-order valence-electron chi connectivity index (χ2n) is 4.48. The Kier molecular flexibility index (Phi) is 2.80. The summed E-state index contributed by atoms with van der Waals surface area (Å²) < 4.78 is 8.18. The van der Waals surface area contributed by atoms with Crippen LogP contribution in [0.4, 0.5) is 0 Å². The number of carbonyl (C=O) groups is 1. The summed E-state index contributed by atoms with van der Waals surface area (Å²) in [5.74, 6) is -0.166. The average molecular weight is 247 g/mol. The van der Waals surface area contributed by atoms with E-state index in [0.717, 1.165) is 16.3 Å². The molecule has 0 spiro atoms. The van der Waals surface area contributed by atoms with Gasteiger partial charge in [-0.2, -0.15) is 0 Å². The molecule has 0 radical (unpaired) electrons. The maximum atomic E-state index is 12.3. The van der Waals surface area contributed by atoms with E-state index in [-0.39, 0.29) is 5.78 Å². The molecule has 0 aliphatic carbocycles. The Bertz CT molecular complexity index is 749. The molecule has 0 saturated carbocycles. The second kappa shape index (κ2) is 5.07. The van der Waals surface area contributed by atoms with Crippen LogP contribution in [-0.2, 0) is 6.40 Å². The lowest BCUT2D eigenvalue weighted by atomic mass is 10.0. The summed E-state index contributed by atoms with van der Waals surface area (Å²) >= 11 is 0. The van der Waals surface area contributed by atoms with E-state index >= 15 is 0 Å². The summed E-state index contributed by atoms with van der Waals surface area (Å²) in [7, 11) is 0. The second-order valence-corrected chi connectivity index (χ2v) is 4.48. The van der Waals surface area contributed by atoms with Crippen LogP contribution in [-0.4, -0.2) is 5.78 Å². The van der Waals surface area contributed by atoms with E-state index in [9.17, 15) is 4.79 Å². The summed E-state index contributed by atoms with van der Waals surface area (Å²) in [6.07, 6.45) is -0.873. The van der Waals surface area contributed by atoms with Gasteiger partial charge in [0.15, 0.2) is 5.78 Å². The van der Waals surface area contributed by atoms with Crippen molar-refractivity contribution in [1.29, 1.82) is 0 Å². The number of carbonyl (C=O) groups excluding carboxylic acids is 1. The van der Waals surface area contributed by atoms with Crippen LogP contribution in [0.25, 0.3) is 10.8 Å². The van der Waals surface area contributed by atoms with Crippen LogP contribution in [0.3, 0.4) is 0 Å². The van der Waals surface area contributed by atoms with Crippen molar-refractivity contribution in [2.75, 3.05) is 0 Å². The summed E-state index contributed by atoms with van der Waals surface area (Å²) in [5, 5.41) is 2.18. The molecule has 0 aliphatic heterocycles. The highest BCUT2D eigenvalue weighted by molar-refractivity contribution is 5.98. The van der Waals surface area contributed by atoms with Crippen molar-refractivity contribution in [3.05, 3.63) is 83.9 Å². The molecule has 0 amide bonds. The first-order valence-corrected chi connectivity index (χ1v) is 6.26. The first-order valence-electron chi connectivity index (χ1n) is 6.83. The molecule has 0 heterocycles. The van der Waals surface area contributed by atoms with Gasteiger partial charge in [0.05, 0.1) is 0 Å². The highest BCUT2D eigenvalue weighted by Gasteiger charge is 2.06. The molecule has 1 heteroatoms. The van der Waals surface area contributed by atoms with Crippen molar-refractivity contribution < 1.29 is 6.17 Å². The minimum Gasteiger partial charge on any atom is -0.294 e. The molecule has 3 rings (SSSR count). The number of rotatable bonds is 3. The smallest absolute Gasteiger partial charge is 0.167 e. The molecule has 19 heavy (non-hydrogen) atoms. The summed E-state index contributed by atoms with van der Waals surface area (Å²) in [4.78, 5) is 12.3. The van der Waals surface area contributed by atoms with Gasteiger partial charge in [-0.25, -0.2) is 0 Å². The standard InChI is InChI=1S/C18H14O/c19-18(16-7-2-1-3-8-16)13-14-10-11-15-6-4-5-9-17(15)12-14/h1-12H,13H2/i13D. The molecule has 0 aliphatic rings. The van der Waals surface area contributed by atoms with Crippen molar-refractivity contribution in [3.63, 3.8) is 0 Å². The lowest BCUT2D eigenvalue weighted by Crippen LogP contribution is -2.02. The van der Waals surface area contributed by atoms with Gasteiger partial charge in [0.25, 0.3) is 0 Å². The number of fused-ring (bicyclic) bond motifs is 1. The topological polar surface area (TPSA) is 17.1 Å². The largest absolute Gasteiger partial charge is 0.294 e. The zero-order valence-electron chi connectivity index (χ0n) is 11.4. The average Bonchev–Trinajstić information content (AvgIpc) is 2.54. The molecule has 0 N–H and O–H groups in total. The number of ketones is 1. The fourth-order valence-corrected chi connectivity index (χ4v) is 2.13. The van der Waals surface area contributed by atoms with E-state index in [0.29, 0.717) is 5.56 Å². The fourth-order valence-electron chi connectivity index (χ4n) is 2.13. The van der Waals surface area contributed by atoms with Gasteiger partial charge in [-0.1, -0.05) is 72.8 Å². The number of Topliss-reactive ketones (excluding diaryl/α,β-unsaturated/α-hetero) is 1. The minimum absolute atomic E-state index is 0.166. The third kappa shape index (κ3) is 2.55. The Balaban J connectivity index is 1.96. The molecular weight excluding hydrogens is 232 g/mol. The molecule has 0 fully saturated rings. The van der Waals surface area contributed by atoms with Gasteiger partial charge in [0, 0.05) is 13.3 Å². The van der Waals surface area contributed by atoms with Crippen LogP contribution in [0.15, 0.2) is 72.8 Å². The molecule has 0 aromatic heterocycles. The van der Waals surface area contributed by atoms with Gasteiger partial charge in [-0.3, -0.25) is 4.79 Å². The highest BCUT2D eigenvalue weighted by atomic mass is 16.1. The molecule has 3 aromatic carbocycles. The van der Waals surface area contributed by atoms with Crippen LogP contribution in [0.2, 0.25) is 0 Å². The zero-order chi connectivity index (χ0) is 13.9. The maximum absolute atomic E-state index is 12.3. The summed E-state index contributed by atoms with van der Waals surface area (Å²) in [6.45, 7) is 0. The van der Waals surface area contributed by atoms with Crippen LogP contribution >= 0.6 is 0 Å². The fraction of sp³-hybridized carbons (Fsp3) is 0.0556. The Morgan fingerprint density at radius 2 is 1.53 bits per heavy atom. The maximum Gasteiger partial charge on any atom is 0.167 e. The van der Waals surface area contributed by atoms with E-state index in [2.05, 4.69) is 0 Å². The first-order chi connectivity index (χ1) is 9.75. The lowest BCUT2D eigenvalue weighted by molar-refractivity contribution is 0.0993. The zero-order valence-corrected chi connectivity index (χ0v) is 10.4. The van der Waals surface area contributed by atoms with Crippen molar-refractivity contribution in [2.24, 2.45) is 0 Å². The molecule has 1 nitrogen and oxygen atoms in total. The molecule has 0 bridgehead atoms. The van der Waals surface area contributed by atoms with Crippen molar-refractivity contribution in [2.45, 2.75) is 6.40 Å². The summed E-state index contributed by atoms with van der Waals surface area (Å²) in [5.41, 5.74) is 1.32. The van der Waals surface area contributed by atoms with Crippen molar-refractivity contribution in [3.8, 4) is 0 Å². The van der Waals surface area contributed by atoms with Gasteiger partial charge in [0.2, 0.25) is 0 Å². The van der Waals surface area contributed by atoms with Crippen LogP contribution in [0.1, 0.15) is 17.3 Å². The number of benzene rings is 3. The molecule has 0 saturated heterocycles. The van der Waals surface area contributed by atoms with E-state index < -0.39 is 6.40 Å². The van der Waals surface area contributed by atoms with Gasteiger partial charge in [-0.15, -0.1) is 0 Å². The van der Waals surface area contributed by atoms with Crippen molar-refractivity contribution in [1.82, 2.24) is 0 Å². The van der Waals surface area contributed by atoms with E-state index in [1.54, 1.807) is 12.1 Å². The Morgan fingerprint density at radius 3 is 2.32 bits per heavy atom. The first kappa shape index (κ1) is 10.5. The number of hydrogen-bond donors (Lipinski definition) is 0. The molecular formula is C18H14O. The minimum atomic E-state index is -0.873. The SMILES string of the molecule is [2H]C(C(=O)c1ccccc1)c1ccc2ccccc2c1. The molecule has 92 valence electrons. The molecule has 1 atom stereocenters. The van der Waals surface area contributed by atoms with Gasteiger partial charge in [-0.05, 0) is 16.3 Å². The van der Waals surface area contributed by atoms with E-state index in [1.165, 1.54) is 0 Å². The van der Waals surface area contributed by atoms with E-state index in [4.69, 9.17) is 1.37 Å². The predicted molar refractivity (Wildman–Crippen MR) is 78.4 cm³/mol. The highest BCUT2D eigenvalue weighted by Crippen LogP contribution is 2.17. The van der Waals surface area contributed by atoms with Gasteiger partial charge >= 0.3 is 0 Å². The quantitative estimate of drug-likeness (QED) is 0.632. The Morgan fingerprint density at radius 1 is 0.842 bits per heavy atom. The Hall–Kier alpha value is -2.41. The monoisotopic (exact) mass is 247 g/mol. The predicted octanol–water partition coefficient (Wildman–Crippen LogP) is 4.27. The molecule has 1 unspecified atom stereocenters. The van der Waals surface area contributed by atoms with Crippen LogP contribution in [0.5, 0.6) is 0 Å². The van der Waals surface area contributed by atoms with Crippen LogP contribution < -0.4 is 0 Å². The third-order valence-corrected chi connectivity index (χ3v) is 3.13. The summed E-state index contributed by atoms with van der Waals surface area (Å²) in [6, 6.07) is 22.7. The Labute approximate surface area is 113 Å². The van der Waals surface area contributed by atoms with Gasteiger partial charge < -0.3 is 0 Å². The van der Waals surface area contributed by atoms with Gasteiger partial charge in [0.1, 0.15) is 0 Å². The number of hydrogen-bond acceptors (Lipinski definition) is 1. The lowest BCUT2D eigenvalue weighted by Gasteiger charge is -2.03.